The van der Waals surface area contributed by atoms with Crippen molar-refractivity contribution in [1.82, 2.24) is 0 Å². The van der Waals surface area contributed by atoms with Crippen LogP contribution in [0, 0.1) is 6.92 Å². The van der Waals surface area contributed by atoms with Crippen LogP contribution in [0.3, 0.4) is 0 Å². The van der Waals surface area contributed by atoms with Crippen molar-refractivity contribution < 1.29 is 18.8 Å². The molecule has 108 valence electrons. The first-order valence-electron chi connectivity index (χ1n) is 6.71. The van der Waals surface area contributed by atoms with Crippen LogP contribution in [-0.2, 0) is 9.31 Å². The summed E-state index contributed by atoms with van der Waals surface area (Å²) in [5.41, 5.74) is 1.50. The Morgan fingerprint density at radius 2 is 1.70 bits per heavy atom. The van der Waals surface area contributed by atoms with Crippen molar-refractivity contribution in [1.29, 1.82) is 0 Å². The van der Waals surface area contributed by atoms with E-state index in [1.807, 2.05) is 40.7 Å². The van der Waals surface area contributed by atoms with Crippen molar-refractivity contribution in [3.63, 3.8) is 0 Å². The molecule has 0 saturated carbocycles. The van der Waals surface area contributed by atoms with Crippen molar-refractivity contribution in [3.8, 4) is 5.75 Å². The van der Waals surface area contributed by atoms with Crippen LogP contribution in [0.25, 0.3) is 0 Å². The molecule has 1 aliphatic rings. The summed E-state index contributed by atoms with van der Waals surface area (Å²) in [4.78, 5) is 11.1. The van der Waals surface area contributed by atoms with E-state index in [2.05, 4.69) is 0 Å². The monoisotopic (exact) mass is 276 g/mol. The Morgan fingerprint density at radius 1 is 1.15 bits per heavy atom. The van der Waals surface area contributed by atoms with Crippen LogP contribution in [0.5, 0.6) is 5.75 Å². The van der Waals surface area contributed by atoms with E-state index in [0.717, 1.165) is 17.3 Å². The van der Waals surface area contributed by atoms with Crippen LogP contribution in [-0.4, -0.2) is 31.7 Å². The molecule has 20 heavy (non-hydrogen) atoms. The van der Waals surface area contributed by atoms with E-state index in [9.17, 15) is 4.79 Å². The van der Waals surface area contributed by atoms with Gasteiger partial charge in [-0.05, 0) is 51.7 Å². The Morgan fingerprint density at radius 3 is 2.15 bits per heavy atom. The number of carbonyl (C=O) groups excluding carboxylic acids is 1. The molecule has 1 fully saturated rings. The fourth-order valence-corrected chi connectivity index (χ4v) is 2.23. The van der Waals surface area contributed by atoms with E-state index in [1.54, 1.807) is 13.2 Å². The van der Waals surface area contributed by atoms with Gasteiger partial charge in [-0.1, -0.05) is 6.07 Å². The van der Waals surface area contributed by atoms with Crippen LogP contribution in [0.2, 0.25) is 0 Å². The minimum atomic E-state index is -0.451. The highest BCUT2D eigenvalue weighted by molar-refractivity contribution is 6.62. The quantitative estimate of drug-likeness (QED) is 0.626. The Bertz CT molecular complexity index is 521. The fourth-order valence-electron chi connectivity index (χ4n) is 2.23. The molecule has 0 N–H and O–H groups in total. The number of carbonyl (C=O) groups is 1. The SMILES string of the molecule is COc1cc(B2OC(C)(C)C(C)(C)O2)cc(C)c1C=O. The Balaban J connectivity index is 2.41. The van der Waals surface area contributed by atoms with Crippen LogP contribution >= 0.6 is 0 Å². The molecule has 1 saturated heterocycles. The van der Waals surface area contributed by atoms with Crippen molar-refractivity contribution >= 4 is 18.9 Å². The normalized spacial score (nSPS) is 20.0. The first kappa shape index (κ1) is 15.1. The average Bonchev–Trinajstić information content (AvgIpc) is 2.57. The molecule has 1 heterocycles. The van der Waals surface area contributed by atoms with Gasteiger partial charge in [0.2, 0.25) is 0 Å². The molecule has 1 aromatic rings. The van der Waals surface area contributed by atoms with Gasteiger partial charge >= 0.3 is 7.12 Å². The van der Waals surface area contributed by atoms with Crippen molar-refractivity contribution in [2.24, 2.45) is 0 Å². The summed E-state index contributed by atoms with van der Waals surface area (Å²) >= 11 is 0. The standard InChI is InChI=1S/C15H21BO4/c1-10-7-11(8-13(18-6)12(10)9-17)16-19-14(2,3)15(4,5)20-16/h7-9H,1-6H3. The van der Waals surface area contributed by atoms with Gasteiger partial charge in [0.1, 0.15) is 5.75 Å². The number of hydrogen-bond acceptors (Lipinski definition) is 4. The Labute approximate surface area is 120 Å². The number of methoxy groups -OCH3 is 1. The van der Waals surface area contributed by atoms with Gasteiger partial charge in [0.05, 0.1) is 23.9 Å². The highest BCUT2D eigenvalue weighted by Gasteiger charge is 2.51. The molecule has 0 radical (unpaired) electrons. The summed E-state index contributed by atoms with van der Waals surface area (Å²) in [6.45, 7) is 9.92. The summed E-state index contributed by atoms with van der Waals surface area (Å²) in [6, 6.07) is 3.72. The molecule has 2 rings (SSSR count). The number of hydrogen-bond donors (Lipinski definition) is 0. The molecule has 0 unspecified atom stereocenters. The highest BCUT2D eigenvalue weighted by atomic mass is 16.7. The second-order valence-corrected chi connectivity index (χ2v) is 6.16. The number of benzene rings is 1. The molecular weight excluding hydrogens is 255 g/mol. The minimum Gasteiger partial charge on any atom is -0.496 e. The second kappa shape index (κ2) is 4.90. The topological polar surface area (TPSA) is 44.8 Å². The van der Waals surface area contributed by atoms with E-state index in [4.69, 9.17) is 14.0 Å². The fraction of sp³-hybridized carbons (Fsp3) is 0.533. The Kier molecular flexibility index (Phi) is 3.69. The summed E-state index contributed by atoms with van der Waals surface area (Å²) in [5, 5.41) is 0. The first-order chi connectivity index (χ1) is 9.21. The van der Waals surface area contributed by atoms with Crippen molar-refractivity contribution in [3.05, 3.63) is 23.3 Å². The van der Waals surface area contributed by atoms with E-state index < -0.39 is 7.12 Å². The molecule has 0 aromatic heterocycles. The molecular formula is C15H21BO4. The summed E-state index contributed by atoms with van der Waals surface area (Å²) in [6.07, 6.45) is 0.808. The lowest BCUT2D eigenvalue weighted by Crippen LogP contribution is -2.41. The number of aryl methyl sites for hydroxylation is 1. The molecule has 1 aromatic carbocycles. The maximum absolute atomic E-state index is 11.1. The van der Waals surface area contributed by atoms with E-state index in [-0.39, 0.29) is 11.2 Å². The largest absolute Gasteiger partial charge is 0.496 e. The first-order valence-corrected chi connectivity index (χ1v) is 6.71. The molecule has 0 amide bonds. The molecule has 0 atom stereocenters. The highest BCUT2D eigenvalue weighted by Crippen LogP contribution is 2.36. The van der Waals surface area contributed by atoms with Gasteiger partial charge in [-0.3, -0.25) is 4.79 Å². The van der Waals surface area contributed by atoms with E-state index in [1.165, 1.54) is 0 Å². The smallest absolute Gasteiger partial charge is 0.494 e. The molecule has 0 spiro atoms. The number of aldehydes is 1. The maximum Gasteiger partial charge on any atom is 0.494 e. The van der Waals surface area contributed by atoms with Gasteiger partial charge < -0.3 is 14.0 Å². The molecule has 0 aliphatic carbocycles. The van der Waals surface area contributed by atoms with E-state index >= 15 is 0 Å². The number of ether oxygens (including phenoxy) is 1. The van der Waals surface area contributed by atoms with Gasteiger partial charge in [0, 0.05) is 0 Å². The summed E-state index contributed by atoms with van der Waals surface area (Å²) < 4.78 is 17.3. The maximum atomic E-state index is 11.1. The van der Waals surface area contributed by atoms with Gasteiger partial charge in [0.15, 0.2) is 6.29 Å². The summed E-state index contributed by atoms with van der Waals surface area (Å²) in [5.74, 6) is 0.546. The van der Waals surface area contributed by atoms with E-state index in [0.29, 0.717) is 11.3 Å². The van der Waals surface area contributed by atoms with Crippen LogP contribution < -0.4 is 10.2 Å². The molecule has 5 heteroatoms. The van der Waals surface area contributed by atoms with Gasteiger partial charge in [-0.2, -0.15) is 0 Å². The van der Waals surface area contributed by atoms with Crippen LogP contribution in [0.4, 0.5) is 0 Å². The third-order valence-corrected chi connectivity index (χ3v) is 4.23. The third kappa shape index (κ3) is 2.36. The van der Waals surface area contributed by atoms with Gasteiger partial charge in [-0.25, -0.2) is 0 Å². The predicted molar refractivity (Wildman–Crippen MR) is 78.8 cm³/mol. The summed E-state index contributed by atoms with van der Waals surface area (Å²) in [7, 11) is 1.10. The van der Waals surface area contributed by atoms with Crippen molar-refractivity contribution in [2.45, 2.75) is 45.8 Å². The molecule has 0 bridgehead atoms. The molecule has 1 aliphatic heterocycles. The zero-order chi connectivity index (χ0) is 15.1. The van der Waals surface area contributed by atoms with Gasteiger partial charge in [0.25, 0.3) is 0 Å². The average molecular weight is 276 g/mol. The van der Waals surface area contributed by atoms with Crippen LogP contribution in [0.1, 0.15) is 43.6 Å². The lowest BCUT2D eigenvalue weighted by atomic mass is 9.77. The minimum absolute atomic E-state index is 0.387. The Hall–Kier alpha value is -1.33. The lowest BCUT2D eigenvalue weighted by Gasteiger charge is -2.32. The van der Waals surface area contributed by atoms with Crippen LogP contribution in [0.15, 0.2) is 12.1 Å². The van der Waals surface area contributed by atoms with Gasteiger partial charge in [-0.15, -0.1) is 0 Å². The molecule has 4 nitrogen and oxygen atoms in total. The third-order valence-electron chi connectivity index (χ3n) is 4.23. The zero-order valence-corrected chi connectivity index (χ0v) is 12.9. The lowest BCUT2D eigenvalue weighted by molar-refractivity contribution is 0.00578. The number of rotatable bonds is 3. The zero-order valence-electron chi connectivity index (χ0n) is 12.9. The van der Waals surface area contributed by atoms with Crippen molar-refractivity contribution in [2.75, 3.05) is 7.11 Å². The predicted octanol–water partition coefficient (Wildman–Crippen LogP) is 2.12. The second-order valence-electron chi connectivity index (χ2n) is 6.16.